The molecule has 1 aromatic rings. The van der Waals surface area contributed by atoms with Gasteiger partial charge in [-0.1, -0.05) is 25.5 Å². The topological polar surface area (TPSA) is 21.3 Å². The number of benzene rings is 1. The third-order valence-corrected chi connectivity index (χ3v) is 2.76. The number of ether oxygens (including phenoxy) is 1. The fraction of sp³-hybridized carbons (Fsp3) is 0.600. The van der Waals surface area contributed by atoms with E-state index in [1.54, 1.807) is 0 Å². The minimum atomic E-state index is 0.358. The van der Waals surface area contributed by atoms with Gasteiger partial charge in [-0.15, -0.1) is 0 Å². The second kappa shape index (κ2) is 8.13. The normalized spacial score (nSPS) is 12.4. The van der Waals surface area contributed by atoms with Crippen molar-refractivity contribution in [3.63, 3.8) is 0 Å². The minimum absolute atomic E-state index is 0.358. The summed E-state index contributed by atoms with van der Waals surface area (Å²) in [5.41, 5.74) is 2.60. The second-order valence-corrected chi connectivity index (χ2v) is 4.51. The molecule has 0 heterocycles. The molecule has 1 aromatic carbocycles. The number of rotatable bonds is 8. The van der Waals surface area contributed by atoms with Crippen molar-refractivity contribution < 1.29 is 4.74 Å². The molecule has 96 valence electrons. The molecule has 0 spiro atoms. The van der Waals surface area contributed by atoms with E-state index in [1.807, 2.05) is 6.92 Å². The van der Waals surface area contributed by atoms with Crippen LogP contribution in [0.3, 0.4) is 0 Å². The van der Waals surface area contributed by atoms with E-state index in [2.05, 4.69) is 43.4 Å². The maximum Gasteiger partial charge on any atom is 0.0664 e. The monoisotopic (exact) mass is 235 g/mol. The second-order valence-electron chi connectivity index (χ2n) is 4.51. The zero-order valence-corrected chi connectivity index (χ0v) is 11.3. The summed E-state index contributed by atoms with van der Waals surface area (Å²) in [5.74, 6) is 0. The summed E-state index contributed by atoms with van der Waals surface area (Å²) in [6, 6.07) is 9.11. The molecule has 1 rings (SSSR count). The quantitative estimate of drug-likeness (QED) is 0.738. The molecular formula is C15H25NO. The van der Waals surface area contributed by atoms with Crippen LogP contribution in [0.5, 0.6) is 0 Å². The summed E-state index contributed by atoms with van der Waals surface area (Å²) in [5, 5.41) is 3.43. The molecule has 2 nitrogen and oxygen atoms in total. The van der Waals surface area contributed by atoms with Gasteiger partial charge >= 0.3 is 0 Å². The van der Waals surface area contributed by atoms with Crippen molar-refractivity contribution in [2.75, 3.05) is 18.5 Å². The zero-order valence-electron chi connectivity index (χ0n) is 11.3. The molecule has 0 bridgehead atoms. The summed E-state index contributed by atoms with van der Waals surface area (Å²) in [7, 11) is 0. The predicted molar refractivity (Wildman–Crippen MR) is 74.6 cm³/mol. The number of hydrogen-bond donors (Lipinski definition) is 1. The molecule has 0 amide bonds. The van der Waals surface area contributed by atoms with E-state index in [1.165, 1.54) is 30.5 Å². The summed E-state index contributed by atoms with van der Waals surface area (Å²) in [6.45, 7) is 7.93. The summed E-state index contributed by atoms with van der Waals surface area (Å²) in [6.07, 6.45) is 3.71. The fourth-order valence-corrected chi connectivity index (χ4v) is 1.77. The van der Waals surface area contributed by atoms with Crippen molar-refractivity contribution in [2.24, 2.45) is 0 Å². The van der Waals surface area contributed by atoms with Crippen molar-refractivity contribution in [3.05, 3.63) is 29.8 Å². The lowest BCUT2D eigenvalue weighted by Crippen LogP contribution is -2.21. The Morgan fingerprint density at radius 2 is 1.88 bits per heavy atom. The maximum absolute atomic E-state index is 5.38. The summed E-state index contributed by atoms with van der Waals surface area (Å²) >= 11 is 0. The first-order valence-corrected chi connectivity index (χ1v) is 6.69. The molecule has 0 aliphatic heterocycles. The number of aryl methyl sites for hydroxylation is 1. The molecule has 0 fully saturated rings. The molecule has 17 heavy (non-hydrogen) atoms. The van der Waals surface area contributed by atoms with Gasteiger partial charge < -0.3 is 10.1 Å². The number of unbranched alkanes of at least 4 members (excludes halogenated alkanes) is 1. The lowest BCUT2D eigenvalue weighted by molar-refractivity contribution is 0.141. The Bertz CT molecular complexity index is 294. The van der Waals surface area contributed by atoms with Crippen molar-refractivity contribution in [2.45, 2.75) is 46.1 Å². The van der Waals surface area contributed by atoms with Gasteiger partial charge in [-0.25, -0.2) is 0 Å². The highest BCUT2D eigenvalue weighted by molar-refractivity contribution is 5.45. The molecule has 0 radical (unpaired) electrons. The lowest BCUT2D eigenvalue weighted by atomic mass is 10.1. The van der Waals surface area contributed by atoms with Gasteiger partial charge in [0.05, 0.1) is 6.61 Å². The highest BCUT2D eigenvalue weighted by atomic mass is 16.5. The summed E-state index contributed by atoms with van der Waals surface area (Å²) < 4.78 is 5.38. The smallest absolute Gasteiger partial charge is 0.0664 e. The highest BCUT2D eigenvalue weighted by Crippen LogP contribution is 2.12. The summed E-state index contributed by atoms with van der Waals surface area (Å²) in [4.78, 5) is 0. The van der Waals surface area contributed by atoms with Crippen LogP contribution in [0.1, 0.15) is 39.2 Å². The van der Waals surface area contributed by atoms with Crippen LogP contribution < -0.4 is 5.32 Å². The van der Waals surface area contributed by atoms with E-state index >= 15 is 0 Å². The first-order chi connectivity index (χ1) is 8.26. The number of hydrogen-bond acceptors (Lipinski definition) is 2. The third kappa shape index (κ3) is 5.73. The van der Waals surface area contributed by atoms with Gasteiger partial charge in [0.15, 0.2) is 0 Å². The van der Waals surface area contributed by atoms with Crippen LogP contribution >= 0.6 is 0 Å². The maximum atomic E-state index is 5.38. The van der Waals surface area contributed by atoms with Crippen LogP contribution in [0.4, 0.5) is 5.69 Å². The Kier molecular flexibility index (Phi) is 6.71. The van der Waals surface area contributed by atoms with Gasteiger partial charge in [-0.2, -0.15) is 0 Å². The molecule has 0 aromatic heterocycles. The zero-order chi connectivity index (χ0) is 12.5. The van der Waals surface area contributed by atoms with Crippen LogP contribution in [0.15, 0.2) is 24.3 Å². The van der Waals surface area contributed by atoms with Crippen molar-refractivity contribution >= 4 is 5.69 Å². The van der Waals surface area contributed by atoms with Gasteiger partial charge in [-0.3, -0.25) is 0 Å². The largest absolute Gasteiger partial charge is 0.380 e. The Labute approximate surface area is 105 Å². The van der Waals surface area contributed by atoms with Crippen LogP contribution in [-0.2, 0) is 11.2 Å². The Morgan fingerprint density at radius 3 is 2.47 bits per heavy atom. The Balaban J connectivity index is 2.39. The standard InChI is InChI=1S/C15H25NO/c1-4-6-7-14-8-10-15(11-9-14)16-13(3)12-17-5-2/h8-11,13,16H,4-7,12H2,1-3H3. The molecule has 0 aliphatic rings. The van der Waals surface area contributed by atoms with E-state index in [0.717, 1.165) is 13.2 Å². The lowest BCUT2D eigenvalue weighted by Gasteiger charge is -2.15. The molecular weight excluding hydrogens is 210 g/mol. The first-order valence-electron chi connectivity index (χ1n) is 6.69. The van der Waals surface area contributed by atoms with Crippen LogP contribution in [-0.4, -0.2) is 19.3 Å². The predicted octanol–water partition coefficient (Wildman–Crippen LogP) is 3.87. The molecule has 0 saturated carbocycles. The average Bonchev–Trinajstić information content (AvgIpc) is 2.35. The van der Waals surface area contributed by atoms with Crippen LogP contribution in [0.25, 0.3) is 0 Å². The van der Waals surface area contributed by atoms with Gasteiger partial charge in [0.1, 0.15) is 0 Å². The van der Waals surface area contributed by atoms with E-state index in [4.69, 9.17) is 4.74 Å². The van der Waals surface area contributed by atoms with Crippen LogP contribution in [0, 0.1) is 0 Å². The van der Waals surface area contributed by atoms with Crippen molar-refractivity contribution in [3.8, 4) is 0 Å². The molecule has 0 saturated heterocycles. The van der Waals surface area contributed by atoms with Crippen LogP contribution in [0.2, 0.25) is 0 Å². The molecule has 1 unspecified atom stereocenters. The number of nitrogens with one attached hydrogen (secondary N) is 1. The molecule has 1 atom stereocenters. The van der Waals surface area contributed by atoms with Gasteiger partial charge in [0.25, 0.3) is 0 Å². The Hall–Kier alpha value is -1.02. The van der Waals surface area contributed by atoms with Crippen molar-refractivity contribution in [1.29, 1.82) is 0 Å². The van der Waals surface area contributed by atoms with Gasteiger partial charge in [-0.05, 0) is 44.4 Å². The van der Waals surface area contributed by atoms with E-state index in [-0.39, 0.29) is 0 Å². The van der Waals surface area contributed by atoms with Gasteiger partial charge in [0.2, 0.25) is 0 Å². The molecule has 1 N–H and O–H groups in total. The first kappa shape index (κ1) is 14.0. The van der Waals surface area contributed by atoms with E-state index in [0.29, 0.717) is 6.04 Å². The highest BCUT2D eigenvalue weighted by Gasteiger charge is 2.01. The SMILES string of the molecule is CCCCc1ccc(NC(C)COCC)cc1. The molecule has 0 aliphatic carbocycles. The molecule has 2 heteroatoms. The van der Waals surface area contributed by atoms with Crippen molar-refractivity contribution in [1.82, 2.24) is 0 Å². The average molecular weight is 235 g/mol. The fourth-order valence-electron chi connectivity index (χ4n) is 1.77. The Morgan fingerprint density at radius 1 is 1.18 bits per heavy atom. The number of anilines is 1. The van der Waals surface area contributed by atoms with Gasteiger partial charge in [0, 0.05) is 18.3 Å². The third-order valence-electron chi connectivity index (χ3n) is 2.76. The minimum Gasteiger partial charge on any atom is -0.380 e. The van der Waals surface area contributed by atoms with E-state index < -0.39 is 0 Å². The van der Waals surface area contributed by atoms with E-state index in [9.17, 15) is 0 Å².